The van der Waals surface area contributed by atoms with Crippen LogP contribution >= 0.6 is 0 Å². The van der Waals surface area contributed by atoms with E-state index in [-0.39, 0.29) is 17.7 Å². The van der Waals surface area contributed by atoms with Gasteiger partial charge in [-0.25, -0.2) is 14.5 Å². The highest BCUT2D eigenvalue weighted by atomic mass is 16.3. The first-order valence-electron chi connectivity index (χ1n) is 8.81. The molecule has 8 heteroatoms. The van der Waals surface area contributed by atoms with E-state index >= 15 is 0 Å². The molecular formula is C19H18N6O2. The molecule has 1 aliphatic rings. The number of pyridine rings is 1. The van der Waals surface area contributed by atoms with E-state index in [1.807, 2.05) is 35.8 Å². The Hall–Kier alpha value is -3.42. The Balaban J connectivity index is 1.66. The summed E-state index contributed by atoms with van der Waals surface area (Å²) in [5, 5.41) is 4.73. The normalized spacial score (nSPS) is 16.7. The zero-order chi connectivity index (χ0) is 18.5. The van der Waals surface area contributed by atoms with Gasteiger partial charge in [0.1, 0.15) is 6.04 Å². The number of amides is 1. The van der Waals surface area contributed by atoms with E-state index in [9.17, 15) is 4.79 Å². The van der Waals surface area contributed by atoms with Crippen molar-refractivity contribution in [2.45, 2.75) is 26.3 Å². The Morgan fingerprint density at radius 1 is 1.33 bits per heavy atom. The maximum Gasteiger partial charge on any atom is 0.292 e. The van der Waals surface area contributed by atoms with Crippen LogP contribution in [0.2, 0.25) is 0 Å². The zero-order valence-corrected chi connectivity index (χ0v) is 15.0. The molecule has 5 heterocycles. The van der Waals surface area contributed by atoms with Crippen molar-refractivity contribution in [2.24, 2.45) is 0 Å². The molecule has 1 aliphatic heterocycles. The summed E-state index contributed by atoms with van der Waals surface area (Å²) in [5.41, 5.74) is 5.36. The lowest BCUT2D eigenvalue weighted by molar-refractivity contribution is 0.0653. The van der Waals surface area contributed by atoms with Crippen molar-refractivity contribution in [3.8, 4) is 0 Å². The van der Waals surface area contributed by atoms with Gasteiger partial charge in [0.05, 0.1) is 28.9 Å². The van der Waals surface area contributed by atoms with Gasteiger partial charge in [0.15, 0.2) is 6.39 Å². The maximum atomic E-state index is 13.2. The number of rotatable bonds is 2. The number of nitrogens with zero attached hydrogens (tertiary/aromatic N) is 5. The number of carbonyl (C=O) groups excluding carboxylic acids is 1. The number of aryl methyl sites for hydroxylation is 2. The Morgan fingerprint density at radius 2 is 2.22 bits per heavy atom. The third-order valence-electron chi connectivity index (χ3n) is 5.14. The monoisotopic (exact) mass is 362 g/mol. The molecule has 0 radical (unpaired) electrons. The highest BCUT2D eigenvalue weighted by Crippen LogP contribution is 2.34. The van der Waals surface area contributed by atoms with Crippen LogP contribution in [0, 0.1) is 13.8 Å². The quantitative estimate of drug-likeness (QED) is 0.591. The number of H-pyrrole nitrogens is 1. The summed E-state index contributed by atoms with van der Waals surface area (Å²) < 4.78 is 7.20. The topological polar surface area (TPSA) is 92.3 Å². The van der Waals surface area contributed by atoms with E-state index in [0.717, 1.165) is 28.2 Å². The maximum absolute atomic E-state index is 13.2. The van der Waals surface area contributed by atoms with Crippen LogP contribution in [0.3, 0.4) is 0 Å². The second-order valence-corrected chi connectivity index (χ2v) is 6.77. The van der Waals surface area contributed by atoms with Crippen LogP contribution in [0.1, 0.15) is 44.9 Å². The fourth-order valence-electron chi connectivity index (χ4n) is 3.74. The number of fused-ring (bicyclic) bond motifs is 2. The SMILES string of the molecule is Cc1ncoc1C(=O)N1CCc2[nH]cnc2[C@@H]1c1cc2c(C)cccn2n1. The molecular weight excluding hydrogens is 344 g/mol. The van der Waals surface area contributed by atoms with Crippen molar-refractivity contribution in [3.05, 3.63) is 71.2 Å². The molecule has 1 amide bonds. The van der Waals surface area contributed by atoms with Crippen molar-refractivity contribution in [3.63, 3.8) is 0 Å². The van der Waals surface area contributed by atoms with Crippen LogP contribution in [-0.4, -0.2) is 41.9 Å². The van der Waals surface area contributed by atoms with E-state index in [2.05, 4.69) is 15.0 Å². The first-order valence-corrected chi connectivity index (χ1v) is 8.81. The summed E-state index contributed by atoms with van der Waals surface area (Å²) in [6.45, 7) is 4.36. The minimum absolute atomic E-state index is 0.197. The van der Waals surface area contributed by atoms with Crippen molar-refractivity contribution in [2.75, 3.05) is 6.54 Å². The number of hydrogen-bond donors (Lipinski definition) is 1. The molecule has 8 nitrogen and oxygen atoms in total. The fraction of sp³-hybridized carbons (Fsp3) is 0.263. The van der Waals surface area contributed by atoms with Gasteiger partial charge in [-0.15, -0.1) is 0 Å². The molecule has 0 aromatic carbocycles. The first-order chi connectivity index (χ1) is 13.1. The van der Waals surface area contributed by atoms with Crippen molar-refractivity contribution in [1.82, 2.24) is 29.5 Å². The molecule has 0 saturated carbocycles. The van der Waals surface area contributed by atoms with Gasteiger partial charge >= 0.3 is 0 Å². The molecule has 0 spiro atoms. The van der Waals surface area contributed by atoms with E-state index in [4.69, 9.17) is 9.52 Å². The summed E-state index contributed by atoms with van der Waals surface area (Å²) >= 11 is 0. The standard InChI is InChI=1S/C19H18N6O2/c1-11-4-3-6-25-15(11)8-14(23-25)17-16-13(20-9-21-16)5-7-24(17)19(26)18-12(2)22-10-27-18/h3-4,6,8-10,17H,5,7H2,1-2H3,(H,20,21)/t17-/m0/s1. The molecule has 0 fully saturated rings. The zero-order valence-electron chi connectivity index (χ0n) is 15.0. The van der Waals surface area contributed by atoms with Crippen LogP contribution in [0.15, 0.2) is 41.5 Å². The number of imidazole rings is 1. The molecule has 1 N–H and O–H groups in total. The van der Waals surface area contributed by atoms with E-state index in [0.29, 0.717) is 18.7 Å². The molecule has 0 bridgehead atoms. The molecule has 4 aromatic heterocycles. The van der Waals surface area contributed by atoms with E-state index < -0.39 is 0 Å². The molecule has 0 saturated heterocycles. The van der Waals surface area contributed by atoms with Gasteiger partial charge in [0, 0.05) is 24.9 Å². The van der Waals surface area contributed by atoms with Gasteiger partial charge in [-0.05, 0) is 31.5 Å². The van der Waals surface area contributed by atoms with Crippen LogP contribution in [-0.2, 0) is 6.42 Å². The molecule has 5 rings (SSSR count). The summed E-state index contributed by atoms with van der Waals surface area (Å²) in [6, 6.07) is 5.65. The van der Waals surface area contributed by atoms with Crippen molar-refractivity contribution < 1.29 is 9.21 Å². The van der Waals surface area contributed by atoms with Gasteiger partial charge in [0.25, 0.3) is 5.91 Å². The Bertz CT molecular complexity index is 1150. The van der Waals surface area contributed by atoms with E-state index in [1.54, 1.807) is 18.2 Å². The molecule has 136 valence electrons. The second kappa shape index (κ2) is 5.80. The number of hydrogen-bond acceptors (Lipinski definition) is 5. The molecule has 1 atom stereocenters. The predicted octanol–water partition coefficient (Wildman–Crippen LogP) is 2.45. The lowest BCUT2D eigenvalue weighted by Crippen LogP contribution is -2.41. The average molecular weight is 362 g/mol. The van der Waals surface area contributed by atoms with Gasteiger partial charge in [-0.1, -0.05) is 6.07 Å². The third-order valence-corrected chi connectivity index (χ3v) is 5.14. The fourth-order valence-corrected chi connectivity index (χ4v) is 3.74. The molecule has 4 aromatic rings. The lowest BCUT2D eigenvalue weighted by atomic mass is 9.99. The minimum atomic E-state index is -0.378. The van der Waals surface area contributed by atoms with Crippen LogP contribution < -0.4 is 0 Å². The van der Waals surface area contributed by atoms with Gasteiger partial charge in [-0.3, -0.25) is 4.79 Å². The smallest absolute Gasteiger partial charge is 0.292 e. The molecule has 0 unspecified atom stereocenters. The summed E-state index contributed by atoms with van der Waals surface area (Å²) in [5.74, 6) is 0.0661. The second-order valence-electron chi connectivity index (χ2n) is 6.77. The van der Waals surface area contributed by atoms with Gasteiger partial charge in [-0.2, -0.15) is 5.10 Å². The highest BCUT2D eigenvalue weighted by Gasteiger charge is 2.37. The minimum Gasteiger partial charge on any atom is -0.438 e. The Labute approximate surface area is 154 Å². The molecule has 0 aliphatic carbocycles. The van der Waals surface area contributed by atoms with Crippen LogP contribution in [0.4, 0.5) is 0 Å². The Morgan fingerprint density at radius 3 is 3.00 bits per heavy atom. The highest BCUT2D eigenvalue weighted by molar-refractivity contribution is 5.93. The van der Waals surface area contributed by atoms with Gasteiger partial charge in [0.2, 0.25) is 5.76 Å². The average Bonchev–Trinajstić information content (AvgIpc) is 3.39. The predicted molar refractivity (Wildman–Crippen MR) is 96.3 cm³/mol. The van der Waals surface area contributed by atoms with E-state index in [1.165, 1.54) is 6.39 Å². The summed E-state index contributed by atoms with van der Waals surface area (Å²) in [4.78, 5) is 26.7. The number of aromatic nitrogens is 5. The number of oxazole rings is 1. The lowest BCUT2D eigenvalue weighted by Gasteiger charge is -2.33. The third kappa shape index (κ3) is 2.37. The van der Waals surface area contributed by atoms with Crippen molar-refractivity contribution >= 4 is 11.4 Å². The van der Waals surface area contributed by atoms with Gasteiger partial charge < -0.3 is 14.3 Å². The number of carbonyl (C=O) groups is 1. The van der Waals surface area contributed by atoms with Crippen molar-refractivity contribution in [1.29, 1.82) is 0 Å². The molecule has 27 heavy (non-hydrogen) atoms. The largest absolute Gasteiger partial charge is 0.438 e. The summed E-state index contributed by atoms with van der Waals surface area (Å²) in [7, 11) is 0. The van der Waals surface area contributed by atoms with Crippen LogP contribution in [0.25, 0.3) is 5.52 Å². The van der Waals surface area contributed by atoms with Crippen LogP contribution in [0.5, 0.6) is 0 Å². The number of nitrogens with one attached hydrogen (secondary N) is 1. The first kappa shape index (κ1) is 15.8. The number of aromatic amines is 1. The Kier molecular flexibility index (Phi) is 3.40. The summed E-state index contributed by atoms with van der Waals surface area (Å²) in [6.07, 6.45) is 5.59.